The van der Waals surface area contributed by atoms with E-state index in [9.17, 15) is 10.1 Å². The normalized spacial score (nSPS) is 22.4. The molecule has 0 aliphatic carbocycles. The first-order chi connectivity index (χ1) is 9.56. The van der Waals surface area contributed by atoms with Crippen LogP contribution in [0.5, 0.6) is 0 Å². The Kier molecular flexibility index (Phi) is 4.20. The van der Waals surface area contributed by atoms with Crippen LogP contribution in [0.2, 0.25) is 0 Å². The lowest BCUT2D eigenvalue weighted by Crippen LogP contribution is -2.43. The Morgan fingerprint density at radius 2 is 2.30 bits per heavy atom. The van der Waals surface area contributed by atoms with Gasteiger partial charge in [-0.3, -0.25) is 10.1 Å². The Bertz CT molecular complexity index is 553. The Balaban J connectivity index is 2.28. The Morgan fingerprint density at radius 3 is 2.90 bits per heavy atom. The van der Waals surface area contributed by atoms with Crippen LogP contribution in [0.25, 0.3) is 0 Å². The quantitative estimate of drug-likeness (QED) is 0.624. The summed E-state index contributed by atoms with van der Waals surface area (Å²) in [5, 5.41) is 19.9. The molecule has 6 nitrogen and oxygen atoms in total. The summed E-state index contributed by atoms with van der Waals surface area (Å²) in [6.07, 6.45) is 1.10. The number of anilines is 1. The fourth-order valence-corrected chi connectivity index (χ4v) is 2.54. The summed E-state index contributed by atoms with van der Waals surface area (Å²) in [4.78, 5) is 12.6. The van der Waals surface area contributed by atoms with Crippen LogP contribution in [0, 0.1) is 27.4 Å². The number of nitriles is 1. The first-order valence-electron chi connectivity index (χ1n) is 6.53. The fourth-order valence-electron chi connectivity index (χ4n) is 2.54. The number of hydrogen-bond acceptors (Lipinski definition) is 5. The van der Waals surface area contributed by atoms with Gasteiger partial charge in [-0.05, 0) is 24.5 Å². The van der Waals surface area contributed by atoms with E-state index in [0.29, 0.717) is 12.5 Å². The van der Waals surface area contributed by atoms with Crippen molar-refractivity contribution in [2.24, 2.45) is 5.92 Å². The van der Waals surface area contributed by atoms with Gasteiger partial charge in [0.05, 0.1) is 11.0 Å². The molecule has 1 saturated heterocycles. The first kappa shape index (κ1) is 14.3. The number of nitro benzene ring substituents is 1. The first-order valence-corrected chi connectivity index (χ1v) is 6.53. The van der Waals surface area contributed by atoms with Crippen LogP contribution >= 0.6 is 0 Å². The number of methoxy groups -OCH3 is 1. The van der Waals surface area contributed by atoms with E-state index in [-0.39, 0.29) is 17.4 Å². The maximum absolute atomic E-state index is 11.0. The number of ether oxygens (including phenoxy) is 1. The van der Waals surface area contributed by atoms with Gasteiger partial charge in [0.1, 0.15) is 11.6 Å². The number of rotatable bonds is 3. The summed E-state index contributed by atoms with van der Waals surface area (Å²) >= 11 is 0. The highest BCUT2D eigenvalue weighted by atomic mass is 16.6. The van der Waals surface area contributed by atoms with Gasteiger partial charge in [0.25, 0.3) is 5.69 Å². The van der Waals surface area contributed by atoms with Crippen LogP contribution in [0.3, 0.4) is 0 Å². The lowest BCUT2D eigenvalue weighted by Gasteiger charge is -2.37. The molecule has 0 bridgehead atoms. The third kappa shape index (κ3) is 2.73. The minimum absolute atomic E-state index is 0.0902. The number of piperidine rings is 1. The van der Waals surface area contributed by atoms with E-state index in [1.54, 1.807) is 13.2 Å². The Labute approximate surface area is 117 Å². The molecule has 0 spiro atoms. The average Bonchev–Trinajstić information content (AvgIpc) is 2.47. The molecule has 6 heteroatoms. The van der Waals surface area contributed by atoms with E-state index in [0.717, 1.165) is 18.7 Å². The lowest BCUT2D eigenvalue weighted by atomic mass is 9.95. The third-order valence-corrected chi connectivity index (χ3v) is 3.86. The van der Waals surface area contributed by atoms with Crippen molar-refractivity contribution in [2.75, 3.05) is 25.1 Å². The van der Waals surface area contributed by atoms with Gasteiger partial charge >= 0.3 is 0 Å². The third-order valence-electron chi connectivity index (χ3n) is 3.86. The lowest BCUT2D eigenvalue weighted by molar-refractivity contribution is -0.385. The maximum Gasteiger partial charge on any atom is 0.289 e. The van der Waals surface area contributed by atoms with Crippen LogP contribution in [0.1, 0.15) is 18.9 Å². The molecule has 20 heavy (non-hydrogen) atoms. The standard InChI is InChI=1S/C14H17N3O3/c1-10-5-6-16(9-14(10)20-2)12-4-3-11(8-15)13(7-12)17(18)19/h3-4,7,10,14H,5-6,9H2,1-2H3. The molecule has 1 aliphatic heterocycles. The summed E-state index contributed by atoms with van der Waals surface area (Å²) in [5.74, 6) is 0.476. The van der Waals surface area contributed by atoms with Crippen molar-refractivity contribution in [3.63, 3.8) is 0 Å². The van der Waals surface area contributed by atoms with E-state index in [4.69, 9.17) is 10.00 Å². The van der Waals surface area contributed by atoms with Crippen molar-refractivity contribution in [3.8, 4) is 6.07 Å². The predicted molar refractivity (Wildman–Crippen MR) is 74.6 cm³/mol. The van der Waals surface area contributed by atoms with Crippen molar-refractivity contribution in [3.05, 3.63) is 33.9 Å². The van der Waals surface area contributed by atoms with Gasteiger partial charge in [0, 0.05) is 32.0 Å². The molecule has 0 radical (unpaired) electrons. The highest BCUT2D eigenvalue weighted by Gasteiger charge is 2.27. The molecule has 1 fully saturated rings. The molecule has 0 saturated carbocycles. The second kappa shape index (κ2) is 5.88. The van der Waals surface area contributed by atoms with E-state index >= 15 is 0 Å². The highest BCUT2D eigenvalue weighted by molar-refractivity contribution is 5.60. The van der Waals surface area contributed by atoms with E-state index in [2.05, 4.69) is 11.8 Å². The van der Waals surface area contributed by atoms with Gasteiger partial charge in [-0.25, -0.2) is 0 Å². The Morgan fingerprint density at radius 1 is 1.55 bits per heavy atom. The van der Waals surface area contributed by atoms with Crippen LogP contribution in [0.15, 0.2) is 18.2 Å². The minimum atomic E-state index is -0.511. The van der Waals surface area contributed by atoms with E-state index in [1.807, 2.05) is 6.07 Å². The molecule has 106 valence electrons. The van der Waals surface area contributed by atoms with Gasteiger partial charge < -0.3 is 9.64 Å². The summed E-state index contributed by atoms with van der Waals surface area (Å²) in [7, 11) is 1.69. The number of benzene rings is 1. The van der Waals surface area contributed by atoms with Crippen LogP contribution in [-0.4, -0.2) is 31.2 Å². The van der Waals surface area contributed by atoms with Crippen molar-refractivity contribution in [1.82, 2.24) is 0 Å². The van der Waals surface area contributed by atoms with Crippen LogP contribution < -0.4 is 4.90 Å². The predicted octanol–water partition coefficient (Wildman–Crippen LogP) is 2.33. The summed E-state index contributed by atoms with van der Waals surface area (Å²) in [6.45, 7) is 3.69. The van der Waals surface area contributed by atoms with Crippen molar-refractivity contribution < 1.29 is 9.66 Å². The fraction of sp³-hybridized carbons (Fsp3) is 0.500. The van der Waals surface area contributed by atoms with Crippen molar-refractivity contribution in [1.29, 1.82) is 5.26 Å². The number of hydrogen-bond donors (Lipinski definition) is 0. The van der Waals surface area contributed by atoms with Crippen molar-refractivity contribution in [2.45, 2.75) is 19.4 Å². The van der Waals surface area contributed by atoms with Gasteiger partial charge in [0.2, 0.25) is 0 Å². The monoisotopic (exact) mass is 275 g/mol. The topological polar surface area (TPSA) is 79.4 Å². The summed E-state index contributed by atoms with van der Waals surface area (Å²) in [6, 6.07) is 6.59. The zero-order valence-corrected chi connectivity index (χ0v) is 11.6. The molecule has 1 aromatic rings. The molecule has 2 atom stereocenters. The molecule has 0 amide bonds. The molecular weight excluding hydrogens is 258 g/mol. The molecule has 1 heterocycles. The molecular formula is C14H17N3O3. The molecule has 0 N–H and O–H groups in total. The van der Waals surface area contributed by atoms with Gasteiger partial charge in [-0.1, -0.05) is 6.92 Å². The number of nitrogens with zero attached hydrogens (tertiary/aromatic N) is 3. The average molecular weight is 275 g/mol. The largest absolute Gasteiger partial charge is 0.379 e. The second-order valence-electron chi connectivity index (χ2n) is 5.06. The molecule has 0 aromatic heterocycles. The molecule has 1 aromatic carbocycles. The SMILES string of the molecule is COC1CN(c2ccc(C#N)c([N+](=O)[O-])c2)CCC1C. The second-order valence-corrected chi connectivity index (χ2v) is 5.06. The highest BCUT2D eigenvalue weighted by Crippen LogP contribution is 2.29. The van der Waals surface area contributed by atoms with Crippen LogP contribution in [0.4, 0.5) is 11.4 Å². The summed E-state index contributed by atoms with van der Waals surface area (Å²) in [5.41, 5.74) is 0.717. The van der Waals surface area contributed by atoms with E-state index < -0.39 is 4.92 Å². The maximum atomic E-state index is 11.0. The molecule has 2 unspecified atom stereocenters. The molecule has 1 aliphatic rings. The van der Waals surface area contributed by atoms with Crippen molar-refractivity contribution >= 4 is 11.4 Å². The zero-order chi connectivity index (χ0) is 14.7. The van der Waals surface area contributed by atoms with Crippen LogP contribution in [-0.2, 0) is 4.74 Å². The Hall–Kier alpha value is -2.13. The smallest absolute Gasteiger partial charge is 0.289 e. The van der Waals surface area contributed by atoms with Gasteiger partial charge in [-0.15, -0.1) is 0 Å². The van der Waals surface area contributed by atoms with Gasteiger partial charge in [0.15, 0.2) is 0 Å². The minimum Gasteiger partial charge on any atom is -0.379 e. The molecule has 2 rings (SSSR count). The van der Waals surface area contributed by atoms with Gasteiger partial charge in [-0.2, -0.15) is 5.26 Å². The summed E-state index contributed by atoms with van der Waals surface area (Å²) < 4.78 is 5.45. The van der Waals surface area contributed by atoms with E-state index in [1.165, 1.54) is 12.1 Å². The number of nitro groups is 1. The zero-order valence-electron chi connectivity index (χ0n) is 11.6.